The van der Waals surface area contributed by atoms with Crippen molar-refractivity contribution in [2.24, 2.45) is 4.99 Å². The van der Waals surface area contributed by atoms with Crippen molar-refractivity contribution in [3.05, 3.63) is 124 Å². The van der Waals surface area contributed by atoms with Gasteiger partial charge < -0.3 is 15.5 Å². The molecule has 0 radical (unpaired) electrons. The Bertz CT molecular complexity index is 1500. The van der Waals surface area contributed by atoms with Gasteiger partial charge in [0.15, 0.2) is 5.17 Å². The third-order valence-electron chi connectivity index (χ3n) is 6.94. The number of rotatable bonds is 8. The number of benzene rings is 3. The molecule has 0 spiro atoms. The van der Waals surface area contributed by atoms with Crippen LogP contribution in [-0.2, 0) is 16.1 Å². The van der Waals surface area contributed by atoms with Crippen molar-refractivity contribution >= 4 is 34.4 Å². The molecule has 0 bridgehead atoms. The molecule has 0 aliphatic carbocycles. The number of anilines is 1. The second-order valence-corrected chi connectivity index (χ2v) is 11.0. The highest BCUT2D eigenvalue weighted by atomic mass is 32.2. The topological polar surface area (TPSA) is 73.8 Å². The van der Waals surface area contributed by atoms with Gasteiger partial charge in [-0.1, -0.05) is 80.2 Å². The van der Waals surface area contributed by atoms with Gasteiger partial charge in [-0.2, -0.15) is 0 Å². The molecular formula is C32H31FN4O2S. The van der Waals surface area contributed by atoms with Crippen LogP contribution in [0.5, 0.6) is 0 Å². The van der Waals surface area contributed by atoms with Gasteiger partial charge in [0.1, 0.15) is 5.82 Å². The van der Waals surface area contributed by atoms with Gasteiger partial charge >= 0.3 is 0 Å². The Morgan fingerprint density at radius 1 is 1.00 bits per heavy atom. The van der Waals surface area contributed by atoms with Crippen LogP contribution in [-0.4, -0.2) is 21.9 Å². The Morgan fingerprint density at radius 2 is 1.70 bits per heavy atom. The van der Waals surface area contributed by atoms with E-state index in [2.05, 4.69) is 48.7 Å². The minimum absolute atomic E-state index is 0.112. The predicted octanol–water partition coefficient (Wildman–Crippen LogP) is 6.87. The summed E-state index contributed by atoms with van der Waals surface area (Å²) in [6, 6.07) is 23.2. The van der Waals surface area contributed by atoms with Gasteiger partial charge in [0, 0.05) is 17.9 Å². The quantitative estimate of drug-likeness (QED) is 0.319. The average Bonchev–Trinajstić information content (AvgIpc) is 3.34. The zero-order valence-electron chi connectivity index (χ0n) is 22.6. The summed E-state index contributed by atoms with van der Waals surface area (Å²) in [6.45, 7) is 6.44. The van der Waals surface area contributed by atoms with E-state index in [1.54, 1.807) is 12.1 Å². The first kappa shape index (κ1) is 27.4. The Labute approximate surface area is 238 Å². The second kappa shape index (κ2) is 11.9. The number of para-hydroxylation sites is 1. The van der Waals surface area contributed by atoms with Gasteiger partial charge in [-0.3, -0.25) is 9.59 Å². The standard InChI is InChI=1S/C32H31FN4O2S/c1-20(2)23-11-13-24(14-12-23)30-29(31(39)36-26-7-5-4-6-8-26)21(3)35-32-37(30)27(19-40-32)17-28(38)34-18-22-9-15-25(33)16-10-22/h4-16,19-20,30H,17-18H2,1-3H3,(H,34,38)(H,36,39)/t30-/m1/s1. The normalized spacial score (nSPS) is 16.4. The van der Waals surface area contributed by atoms with E-state index in [9.17, 15) is 14.0 Å². The molecule has 2 amide bonds. The van der Waals surface area contributed by atoms with Gasteiger partial charge in [0.25, 0.3) is 5.91 Å². The number of allylic oxidation sites excluding steroid dienone is 1. The van der Waals surface area contributed by atoms with Crippen LogP contribution in [0.4, 0.5) is 10.1 Å². The van der Waals surface area contributed by atoms with Gasteiger partial charge in [-0.15, -0.1) is 0 Å². The molecule has 3 aromatic rings. The fraction of sp³-hybridized carbons (Fsp3) is 0.219. The number of fused-ring (bicyclic) bond motifs is 1. The molecule has 2 aliphatic heterocycles. The number of aliphatic imine (C=N–C) groups is 1. The lowest BCUT2D eigenvalue weighted by atomic mass is 9.91. The van der Waals surface area contributed by atoms with Crippen molar-refractivity contribution in [2.45, 2.75) is 45.7 Å². The summed E-state index contributed by atoms with van der Waals surface area (Å²) >= 11 is 1.45. The molecule has 2 N–H and O–H groups in total. The maximum Gasteiger partial charge on any atom is 0.255 e. The third-order valence-corrected chi connectivity index (χ3v) is 7.83. The molecule has 204 valence electrons. The molecule has 6 nitrogen and oxygen atoms in total. The first-order valence-corrected chi connectivity index (χ1v) is 14.1. The number of nitrogens with one attached hydrogen (secondary N) is 2. The Kier molecular flexibility index (Phi) is 8.16. The summed E-state index contributed by atoms with van der Waals surface area (Å²) in [6.07, 6.45) is 0.112. The molecule has 1 atom stereocenters. The lowest BCUT2D eigenvalue weighted by molar-refractivity contribution is -0.120. The largest absolute Gasteiger partial charge is 0.352 e. The molecule has 3 aromatic carbocycles. The van der Waals surface area contributed by atoms with Crippen LogP contribution >= 0.6 is 11.8 Å². The molecule has 0 saturated carbocycles. The van der Waals surface area contributed by atoms with Crippen LogP contribution in [0.3, 0.4) is 0 Å². The molecule has 40 heavy (non-hydrogen) atoms. The van der Waals surface area contributed by atoms with Crippen LogP contribution in [0.15, 0.2) is 106 Å². The first-order valence-electron chi connectivity index (χ1n) is 13.2. The Morgan fingerprint density at radius 3 is 2.38 bits per heavy atom. The van der Waals surface area contributed by atoms with E-state index in [-0.39, 0.29) is 24.1 Å². The number of amidine groups is 1. The summed E-state index contributed by atoms with van der Waals surface area (Å²) in [5.74, 6) is -0.351. The van der Waals surface area contributed by atoms with Crippen molar-refractivity contribution in [1.82, 2.24) is 10.2 Å². The summed E-state index contributed by atoms with van der Waals surface area (Å²) in [5.41, 5.74) is 5.58. The molecular weight excluding hydrogens is 523 g/mol. The number of amides is 2. The summed E-state index contributed by atoms with van der Waals surface area (Å²) < 4.78 is 13.2. The Hall–Kier alpha value is -4.17. The number of carbonyl (C=O) groups excluding carboxylic acids is 2. The van der Waals surface area contributed by atoms with E-state index >= 15 is 0 Å². The zero-order chi connectivity index (χ0) is 28.2. The maximum absolute atomic E-state index is 13.7. The van der Waals surface area contributed by atoms with E-state index in [0.717, 1.165) is 22.0 Å². The number of hydrogen-bond acceptors (Lipinski definition) is 5. The van der Waals surface area contributed by atoms with Crippen molar-refractivity contribution in [3.8, 4) is 0 Å². The van der Waals surface area contributed by atoms with E-state index in [1.165, 1.54) is 29.5 Å². The molecule has 8 heteroatoms. The van der Waals surface area contributed by atoms with Gasteiger partial charge in [0.05, 0.1) is 23.7 Å². The number of hydrogen-bond donors (Lipinski definition) is 2. The number of nitrogens with zero attached hydrogens (tertiary/aromatic N) is 2. The minimum atomic E-state index is -0.455. The summed E-state index contributed by atoms with van der Waals surface area (Å²) in [5, 5.41) is 8.60. The van der Waals surface area contributed by atoms with E-state index in [4.69, 9.17) is 4.99 Å². The number of thioether (sulfide) groups is 1. The van der Waals surface area contributed by atoms with Crippen molar-refractivity contribution < 1.29 is 14.0 Å². The van der Waals surface area contributed by atoms with Crippen molar-refractivity contribution in [1.29, 1.82) is 0 Å². The molecule has 0 unspecified atom stereocenters. The molecule has 0 saturated heterocycles. The van der Waals surface area contributed by atoms with E-state index in [0.29, 0.717) is 29.4 Å². The minimum Gasteiger partial charge on any atom is -0.352 e. The lowest BCUT2D eigenvalue weighted by Crippen LogP contribution is -2.38. The molecule has 0 aromatic heterocycles. The van der Waals surface area contributed by atoms with E-state index in [1.807, 2.05) is 47.6 Å². The zero-order valence-corrected chi connectivity index (χ0v) is 23.5. The molecule has 5 rings (SSSR count). The molecule has 2 aliphatic rings. The summed E-state index contributed by atoms with van der Waals surface area (Å²) in [4.78, 5) is 33.5. The monoisotopic (exact) mass is 554 g/mol. The lowest BCUT2D eigenvalue weighted by Gasteiger charge is -2.36. The first-order chi connectivity index (χ1) is 19.3. The Balaban J connectivity index is 1.43. The van der Waals surface area contributed by atoms with Crippen LogP contribution in [0, 0.1) is 5.82 Å². The highest BCUT2D eigenvalue weighted by molar-refractivity contribution is 8.16. The van der Waals surface area contributed by atoms with Gasteiger partial charge in [-0.05, 0) is 59.2 Å². The van der Waals surface area contributed by atoms with Crippen LogP contribution in [0.1, 0.15) is 55.8 Å². The smallest absolute Gasteiger partial charge is 0.255 e. The van der Waals surface area contributed by atoms with Crippen LogP contribution in [0.25, 0.3) is 0 Å². The number of carbonyl (C=O) groups is 2. The number of halogens is 1. The molecule has 2 heterocycles. The SMILES string of the molecule is CC1=C(C(=O)Nc2ccccc2)[C@@H](c2ccc(C(C)C)cc2)N2C(CC(=O)NCc3ccc(F)cc3)=CSC2=N1. The van der Waals surface area contributed by atoms with Crippen LogP contribution < -0.4 is 10.6 Å². The summed E-state index contributed by atoms with van der Waals surface area (Å²) in [7, 11) is 0. The van der Waals surface area contributed by atoms with E-state index < -0.39 is 6.04 Å². The molecule has 0 fully saturated rings. The second-order valence-electron chi connectivity index (χ2n) is 10.1. The fourth-order valence-corrected chi connectivity index (χ4v) is 5.75. The van der Waals surface area contributed by atoms with Gasteiger partial charge in [-0.25, -0.2) is 9.38 Å². The third kappa shape index (κ3) is 6.02. The van der Waals surface area contributed by atoms with Crippen molar-refractivity contribution in [3.63, 3.8) is 0 Å². The highest BCUT2D eigenvalue weighted by Crippen LogP contribution is 2.45. The highest BCUT2D eigenvalue weighted by Gasteiger charge is 2.40. The predicted molar refractivity (Wildman–Crippen MR) is 159 cm³/mol. The van der Waals surface area contributed by atoms with Crippen LogP contribution in [0.2, 0.25) is 0 Å². The maximum atomic E-state index is 13.7. The van der Waals surface area contributed by atoms with Crippen molar-refractivity contribution in [2.75, 3.05) is 5.32 Å². The van der Waals surface area contributed by atoms with Gasteiger partial charge in [0.2, 0.25) is 5.91 Å². The fourth-order valence-electron chi connectivity index (χ4n) is 4.79. The average molecular weight is 555 g/mol.